The maximum absolute atomic E-state index is 12.8. The molecule has 6 nitrogen and oxygen atoms in total. The number of nitrogens with zero attached hydrogens (tertiary/aromatic N) is 2. The topological polar surface area (TPSA) is 79.2 Å². The molecule has 0 unspecified atom stereocenters. The Balaban J connectivity index is 1.45. The van der Waals surface area contributed by atoms with Crippen LogP contribution in [0.4, 0.5) is 0 Å². The highest BCUT2D eigenvalue weighted by molar-refractivity contribution is 6.06. The molecule has 2 amide bonds. The van der Waals surface area contributed by atoms with E-state index in [1.165, 1.54) is 19.4 Å². The Morgan fingerprint density at radius 3 is 2.40 bits per heavy atom. The highest BCUT2D eigenvalue weighted by Crippen LogP contribution is 2.65. The van der Waals surface area contributed by atoms with Crippen molar-refractivity contribution < 1.29 is 19.4 Å². The molecule has 3 fully saturated rings. The van der Waals surface area contributed by atoms with E-state index in [4.69, 9.17) is 4.74 Å². The summed E-state index contributed by atoms with van der Waals surface area (Å²) in [5.74, 6) is 1.14. The number of phenolic OH excluding ortho intramolecular Hbond substituents is 1. The largest absolute Gasteiger partial charge is 0.507 e. The number of rotatable bonds is 3. The van der Waals surface area contributed by atoms with Crippen molar-refractivity contribution in [2.24, 2.45) is 40.6 Å². The van der Waals surface area contributed by atoms with Crippen LogP contribution in [0.2, 0.25) is 0 Å². The first-order valence-electron chi connectivity index (χ1n) is 8.57. The van der Waals surface area contributed by atoms with Gasteiger partial charge in [0.25, 0.3) is 11.8 Å². The molecule has 0 radical (unpaired) electrons. The Labute approximate surface area is 144 Å². The second kappa shape index (κ2) is 4.94. The van der Waals surface area contributed by atoms with E-state index in [-0.39, 0.29) is 41.2 Å². The maximum atomic E-state index is 12.8. The van der Waals surface area contributed by atoms with Crippen molar-refractivity contribution in [3.05, 3.63) is 35.9 Å². The Morgan fingerprint density at radius 1 is 1.16 bits per heavy atom. The van der Waals surface area contributed by atoms with E-state index in [1.54, 1.807) is 12.1 Å². The van der Waals surface area contributed by atoms with Gasteiger partial charge in [-0.3, -0.25) is 9.59 Å². The lowest BCUT2D eigenvalue weighted by molar-refractivity contribution is -0.140. The SMILES string of the molecule is COc1ccc(O)c(/C=N\N2C(=O)[C@@H]3[C@H]4C=C[C@@H]([C@@H]5C[C@H]45)[C@H]3C2=O)c1. The number of benzene rings is 1. The maximum Gasteiger partial charge on any atom is 0.254 e. The molecule has 5 aliphatic rings. The number of hydrogen-bond donors (Lipinski definition) is 1. The minimum Gasteiger partial charge on any atom is -0.507 e. The zero-order chi connectivity index (χ0) is 17.3. The summed E-state index contributed by atoms with van der Waals surface area (Å²) in [6, 6.07) is 4.73. The molecular weight excluding hydrogens is 320 g/mol. The summed E-state index contributed by atoms with van der Waals surface area (Å²) < 4.78 is 5.13. The first-order valence-corrected chi connectivity index (χ1v) is 8.57. The van der Waals surface area contributed by atoms with Gasteiger partial charge in [0.2, 0.25) is 0 Å². The van der Waals surface area contributed by atoms with Crippen LogP contribution in [-0.2, 0) is 9.59 Å². The molecule has 0 aromatic heterocycles. The van der Waals surface area contributed by atoms with E-state index in [9.17, 15) is 14.7 Å². The van der Waals surface area contributed by atoms with E-state index in [0.29, 0.717) is 23.1 Å². The molecule has 1 aliphatic heterocycles. The van der Waals surface area contributed by atoms with Gasteiger partial charge in [-0.25, -0.2) is 0 Å². The zero-order valence-electron chi connectivity index (χ0n) is 13.7. The summed E-state index contributed by atoms with van der Waals surface area (Å²) in [6.45, 7) is 0. The minimum absolute atomic E-state index is 0.0176. The third-order valence-corrected chi connectivity index (χ3v) is 6.19. The van der Waals surface area contributed by atoms with Crippen LogP contribution in [0.3, 0.4) is 0 Å². The fraction of sp³-hybridized carbons (Fsp3) is 0.421. The average molecular weight is 338 g/mol. The molecule has 25 heavy (non-hydrogen) atoms. The van der Waals surface area contributed by atoms with Gasteiger partial charge >= 0.3 is 0 Å². The molecule has 1 N–H and O–H groups in total. The minimum atomic E-state index is -0.262. The molecule has 4 aliphatic carbocycles. The first-order chi connectivity index (χ1) is 12.1. The molecule has 1 saturated heterocycles. The van der Waals surface area contributed by atoms with Crippen LogP contribution in [0.15, 0.2) is 35.5 Å². The first kappa shape index (κ1) is 14.7. The number of methoxy groups -OCH3 is 1. The lowest BCUT2D eigenvalue weighted by atomic mass is 9.63. The van der Waals surface area contributed by atoms with Gasteiger partial charge in [0.1, 0.15) is 11.5 Å². The lowest BCUT2D eigenvalue weighted by Crippen LogP contribution is -2.40. The second-order valence-electron chi connectivity index (χ2n) is 7.31. The summed E-state index contributed by atoms with van der Waals surface area (Å²) in [5, 5.41) is 15.1. The van der Waals surface area contributed by atoms with Gasteiger partial charge in [0, 0.05) is 5.56 Å². The number of carbonyl (C=O) groups is 2. The number of aromatic hydroxyl groups is 1. The van der Waals surface area contributed by atoms with E-state index < -0.39 is 0 Å². The molecule has 128 valence electrons. The van der Waals surface area contributed by atoms with Gasteiger partial charge in [-0.1, -0.05) is 12.2 Å². The Kier molecular flexibility index (Phi) is 2.90. The van der Waals surface area contributed by atoms with E-state index in [1.807, 2.05) is 0 Å². The van der Waals surface area contributed by atoms with Crippen molar-refractivity contribution in [2.45, 2.75) is 6.42 Å². The summed E-state index contributed by atoms with van der Waals surface area (Å²) >= 11 is 0. The number of allylic oxidation sites excluding steroid dienone is 2. The van der Waals surface area contributed by atoms with Gasteiger partial charge in [-0.2, -0.15) is 10.1 Å². The molecule has 1 aromatic rings. The standard InChI is InChI=1S/C19H18N2O4/c1-25-10-2-5-15(22)9(6-10)8-20-21-18(23)16-11-3-4-12(14-7-13(11)14)17(16)19(21)24/h2-6,8,11-14,16-17,22H,7H2,1H3/b20-8-/t11-,12-,13-,14+,16+,17+/m0/s1. The fourth-order valence-electron chi connectivity index (χ4n) is 4.94. The van der Waals surface area contributed by atoms with Crippen LogP contribution in [0.1, 0.15) is 12.0 Å². The molecule has 1 aromatic carbocycles. The Bertz CT molecular complexity index is 810. The number of imide groups is 1. The number of amides is 2. The molecule has 0 spiro atoms. The van der Waals surface area contributed by atoms with Crippen molar-refractivity contribution in [3.63, 3.8) is 0 Å². The average Bonchev–Trinajstić information content (AvgIpc) is 3.40. The molecular formula is C19H18N2O4. The second-order valence-corrected chi connectivity index (χ2v) is 7.31. The van der Waals surface area contributed by atoms with Crippen molar-refractivity contribution in [1.29, 1.82) is 0 Å². The summed E-state index contributed by atoms with van der Waals surface area (Å²) in [4.78, 5) is 25.6. The van der Waals surface area contributed by atoms with E-state index in [2.05, 4.69) is 17.3 Å². The van der Waals surface area contributed by atoms with Gasteiger partial charge < -0.3 is 9.84 Å². The van der Waals surface area contributed by atoms with Crippen LogP contribution >= 0.6 is 0 Å². The van der Waals surface area contributed by atoms with Crippen molar-refractivity contribution in [1.82, 2.24) is 5.01 Å². The molecule has 6 rings (SSSR count). The van der Waals surface area contributed by atoms with Crippen LogP contribution in [0.5, 0.6) is 11.5 Å². The Hall–Kier alpha value is -2.63. The molecule has 6 atom stereocenters. The third-order valence-electron chi connectivity index (χ3n) is 6.19. The van der Waals surface area contributed by atoms with Gasteiger partial charge in [-0.15, -0.1) is 0 Å². The summed E-state index contributed by atoms with van der Waals surface area (Å²) in [5.41, 5.74) is 0.402. The van der Waals surface area contributed by atoms with Crippen molar-refractivity contribution in [3.8, 4) is 11.5 Å². The smallest absolute Gasteiger partial charge is 0.254 e. The van der Waals surface area contributed by atoms with E-state index >= 15 is 0 Å². The quantitative estimate of drug-likeness (QED) is 0.518. The lowest BCUT2D eigenvalue weighted by Gasteiger charge is -2.37. The predicted molar refractivity (Wildman–Crippen MR) is 88.8 cm³/mol. The number of hydrazone groups is 1. The van der Waals surface area contributed by atoms with Crippen molar-refractivity contribution >= 4 is 18.0 Å². The highest BCUT2D eigenvalue weighted by Gasteiger charge is 2.67. The summed E-state index contributed by atoms with van der Waals surface area (Å²) in [7, 11) is 1.53. The number of phenols is 1. The van der Waals surface area contributed by atoms with Gasteiger partial charge in [0.05, 0.1) is 25.2 Å². The van der Waals surface area contributed by atoms with Crippen LogP contribution in [-0.4, -0.2) is 35.3 Å². The monoisotopic (exact) mass is 338 g/mol. The van der Waals surface area contributed by atoms with E-state index in [0.717, 1.165) is 11.4 Å². The molecule has 1 heterocycles. The number of hydrogen-bond acceptors (Lipinski definition) is 5. The van der Waals surface area contributed by atoms with Crippen LogP contribution in [0.25, 0.3) is 0 Å². The normalized spacial score (nSPS) is 37.6. The van der Waals surface area contributed by atoms with Crippen LogP contribution < -0.4 is 4.74 Å². The predicted octanol–water partition coefficient (Wildman–Crippen LogP) is 1.79. The number of ether oxygens (including phenoxy) is 1. The number of carbonyl (C=O) groups excluding carboxylic acids is 2. The van der Waals surface area contributed by atoms with Crippen LogP contribution in [0, 0.1) is 35.5 Å². The van der Waals surface area contributed by atoms with Gasteiger partial charge in [-0.05, 0) is 48.3 Å². The Morgan fingerprint density at radius 2 is 1.80 bits per heavy atom. The zero-order valence-corrected chi connectivity index (χ0v) is 13.7. The molecule has 2 saturated carbocycles. The van der Waals surface area contributed by atoms with Crippen molar-refractivity contribution in [2.75, 3.05) is 7.11 Å². The summed E-state index contributed by atoms with van der Waals surface area (Å²) in [6.07, 6.45) is 6.75. The van der Waals surface area contributed by atoms with Gasteiger partial charge in [0.15, 0.2) is 0 Å². The molecule has 2 bridgehead atoms. The highest BCUT2D eigenvalue weighted by atomic mass is 16.5. The third kappa shape index (κ3) is 1.94. The fourth-order valence-corrected chi connectivity index (χ4v) is 4.94. The molecule has 6 heteroatoms.